The van der Waals surface area contributed by atoms with Gasteiger partial charge in [0.05, 0.1) is 36.0 Å². The number of hydrogen-bond donors (Lipinski definition) is 2. The molecule has 4 rings (SSSR count). The molecule has 7 nitrogen and oxygen atoms in total. The number of pyridine rings is 1. The van der Waals surface area contributed by atoms with Crippen LogP contribution >= 0.6 is 0 Å². The Morgan fingerprint density at radius 3 is 2.93 bits per heavy atom. The number of anilines is 2. The fraction of sp³-hybridized carbons (Fsp3) is 0.368. The van der Waals surface area contributed by atoms with Gasteiger partial charge in [0.15, 0.2) is 5.82 Å². The topological polar surface area (TPSA) is 82.6 Å². The van der Waals surface area contributed by atoms with Gasteiger partial charge in [0.2, 0.25) is 0 Å². The van der Waals surface area contributed by atoms with Crippen molar-refractivity contribution in [3.8, 4) is 0 Å². The maximum atomic E-state index is 13.1. The number of halogens is 1. The van der Waals surface area contributed by atoms with Crippen LogP contribution in [-0.2, 0) is 6.54 Å². The van der Waals surface area contributed by atoms with E-state index in [1.54, 1.807) is 12.3 Å². The molecule has 27 heavy (non-hydrogen) atoms. The summed E-state index contributed by atoms with van der Waals surface area (Å²) in [5.41, 5.74) is 2.76. The van der Waals surface area contributed by atoms with Crippen LogP contribution in [0.5, 0.6) is 0 Å². The number of rotatable bonds is 5. The van der Waals surface area contributed by atoms with E-state index in [0.29, 0.717) is 12.4 Å². The summed E-state index contributed by atoms with van der Waals surface area (Å²) in [4.78, 5) is 15.7. The van der Waals surface area contributed by atoms with Gasteiger partial charge in [-0.15, -0.1) is 0 Å². The van der Waals surface area contributed by atoms with Crippen LogP contribution in [-0.4, -0.2) is 36.6 Å². The Labute approximate surface area is 157 Å². The lowest BCUT2D eigenvalue weighted by atomic mass is 9.99. The van der Waals surface area contributed by atoms with Gasteiger partial charge in [0.1, 0.15) is 11.6 Å². The number of H-pyrrole nitrogens is 1. The number of nitrogens with zero attached hydrogens (tertiary/aromatic N) is 5. The molecule has 0 saturated carbocycles. The van der Waals surface area contributed by atoms with E-state index >= 15 is 0 Å². The van der Waals surface area contributed by atoms with E-state index in [2.05, 4.69) is 30.4 Å². The van der Waals surface area contributed by atoms with E-state index in [-0.39, 0.29) is 11.9 Å². The molecule has 0 bridgehead atoms. The minimum atomic E-state index is -0.313. The number of aromatic nitrogens is 5. The Morgan fingerprint density at radius 2 is 2.15 bits per heavy atom. The highest BCUT2D eigenvalue weighted by Crippen LogP contribution is 2.31. The van der Waals surface area contributed by atoms with Crippen molar-refractivity contribution < 1.29 is 4.39 Å². The van der Waals surface area contributed by atoms with E-state index in [1.165, 1.54) is 12.3 Å². The van der Waals surface area contributed by atoms with Gasteiger partial charge in [-0.2, -0.15) is 5.10 Å². The summed E-state index contributed by atoms with van der Waals surface area (Å²) in [6.45, 7) is 3.58. The number of hydrogen-bond acceptors (Lipinski definition) is 6. The molecule has 1 aliphatic heterocycles. The van der Waals surface area contributed by atoms with E-state index in [9.17, 15) is 4.39 Å². The molecular formula is C19H22FN7. The van der Waals surface area contributed by atoms with Gasteiger partial charge in [-0.3, -0.25) is 20.0 Å². The van der Waals surface area contributed by atoms with Crippen LogP contribution in [0, 0.1) is 12.7 Å². The van der Waals surface area contributed by atoms with Gasteiger partial charge < -0.3 is 5.32 Å². The smallest absolute Gasteiger partial charge is 0.153 e. The van der Waals surface area contributed by atoms with Gasteiger partial charge in [-0.25, -0.2) is 9.37 Å². The Kier molecular flexibility index (Phi) is 5.06. The molecule has 3 aromatic rings. The highest BCUT2D eigenvalue weighted by atomic mass is 19.1. The van der Waals surface area contributed by atoms with E-state index in [4.69, 9.17) is 4.98 Å². The van der Waals surface area contributed by atoms with Gasteiger partial charge in [0.25, 0.3) is 0 Å². The lowest BCUT2D eigenvalue weighted by molar-refractivity contribution is 0.135. The average Bonchev–Trinajstić information content (AvgIpc) is 3.09. The molecule has 4 heterocycles. The second kappa shape index (κ2) is 7.79. The Hall–Kier alpha value is -2.87. The second-order valence-corrected chi connectivity index (χ2v) is 6.84. The molecule has 3 aromatic heterocycles. The quantitative estimate of drug-likeness (QED) is 0.718. The molecule has 1 fully saturated rings. The number of likely N-dealkylation sites (tertiary alicyclic amines) is 1. The summed E-state index contributed by atoms with van der Waals surface area (Å²) in [7, 11) is 0. The van der Waals surface area contributed by atoms with Gasteiger partial charge >= 0.3 is 0 Å². The van der Waals surface area contributed by atoms with E-state index < -0.39 is 0 Å². The number of aryl methyl sites for hydroxylation is 1. The van der Waals surface area contributed by atoms with Crippen molar-refractivity contribution in [1.82, 2.24) is 30.0 Å². The SMILES string of the molecule is Cc1cc(Nc2cncc(C3CCCCN3Cc3ccc(F)cn3)n2)n[nH]1. The van der Waals surface area contributed by atoms with Crippen LogP contribution in [0.25, 0.3) is 0 Å². The minimum absolute atomic E-state index is 0.167. The zero-order chi connectivity index (χ0) is 18.6. The first-order valence-corrected chi connectivity index (χ1v) is 9.13. The molecule has 0 aliphatic carbocycles. The van der Waals surface area contributed by atoms with Crippen molar-refractivity contribution in [1.29, 1.82) is 0 Å². The Bertz CT molecular complexity index is 893. The van der Waals surface area contributed by atoms with Gasteiger partial charge in [0, 0.05) is 18.3 Å². The lowest BCUT2D eigenvalue weighted by Crippen LogP contribution is -2.33. The third-order valence-corrected chi connectivity index (χ3v) is 4.72. The lowest BCUT2D eigenvalue weighted by Gasteiger charge is -2.35. The predicted molar refractivity (Wildman–Crippen MR) is 99.8 cm³/mol. The largest absolute Gasteiger partial charge is 0.322 e. The molecule has 1 aliphatic rings. The maximum absolute atomic E-state index is 13.1. The van der Waals surface area contributed by atoms with Crippen molar-refractivity contribution in [3.63, 3.8) is 0 Å². The molecule has 0 amide bonds. The van der Waals surface area contributed by atoms with Crippen LogP contribution in [0.4, 0.5) is 16.0 Å². The highest BCUT2D eigenvalue weighted by Gasteiger charge is 2.26. The van der Waals surface area contributed by atoms with Crippen LogP contribution in [0.1, 0.15) is 42.4 Å². The third-order valence-electron chi connectivity index (χ3n) is 4.72. The molecular weight excluding hydrogens is 345 g/mol. The summed E-state index contributed by atoms with van der Waals surface area (Å²) in [6, 6.07) is 5.28. The number of nitrogens with one attached hydrogen (secondary N) is 2. The summed E-state index contributed by atoms with van der Waals surface area (Å²) < 4.78 is 13.1. The van der Waals surface area contributed by atoms with Crippen LogP contribution < -0.4 is 5.32 Å². The van der Waals surface area contributed by atoms with Crippen LogP contribution in [0.15, 0.2) is 36.8 Å². The molecule has 1 unspecified atom stereocenters. The summed E-state index contributed by atoms with van der Waals surface area (Å²) in [5, 5.41) is 10.3. The predicted octanol–water partition coefficient (Wildman–Crippen LogP) is 3.51. The van der Waals surface area contributed by atoms with Gasteiger partial charge in [-0.1, -0.05) is 6.42 Å². The summed E-state index contributed by atoms with van der Waals surface area (Å²) in [5.74, 6) is 1.08. The molecule has 8 heteroatoms. The fourth-order valence-corrected chi connectivity index (χ4v) is 3.44. The van der Waals surface area contributed by atoms with Crippen LogP contribution in [0.2, 0.25) is 0 Å². The maximum Gasteiger partial charge on any atom is 0.153 e. The van der Waals surface area contributed by atoms with Crippen molar-refractivity contribution in [2.24, 2.45) is 0 Å². The monoisotopic (exact) mass is 367 g/mol. The normalized spacial score (nSPS) is 17.8. The fourth-order valence-electron chi connectivity index (χ4n) is 3.44. The summed E-state index contributed by atoms with van der Waals surface area (Å²) >= 11 is 0. The number of piperidine rings is 1. The third kappa shape index (κ3) is 4.28. The summed E-state index contributed by atoms with van der Waals surface area (Å²) in [6.07, 6.45) is 8.08. The Balaban J connectivity index is 1.52. The van der Waals surface area contributed by atoms with Gasteiger partial charge in [-0.05, 0) is 38.4 Å². The molecule has 0 aromatic carbocycles. The number of aromatic amines is 1. The zero-order valence-corrected chi connectivity index (χ0v) is 15.2. The van der Waals surface area contributed by atoms with E-state index in [0.717, 1.165) is 48.7 Å². The van der Waals surface area contributed by atoms with Crippen molar-refractivity contribution in [2.45, 2.75) is 38.8 Å². The standard InChI is InChI=1S/C19H22FN7/c1-13-8-18(26-25-13)24-19-11-21-10-16(23-19)17-4-2-3-7-27(17)12-15-6-5-14(20)9-22-15/h5-6,8-11,17H,2-4,7,12H2,1H3,(H2,23,24,25,26). The molecule has 2 N–H and O–H groups in total. The molecule has 140 valence electrons. The molecule has 1 saturated heterocycles. The second-order valence-electron chi connectivity index (χ2n) is 6.84. The highest BCUT2D eigenvalue weighted by molar-refractivity contribution is 5.50. The first-order valence-electron chi connectivity index (χ1n) is 9.13. The average molecular weight is 367 g/mol. The van der Waals surface area contributed by atoms with Crippen LogP contribution in [0.3, 0.4) is 0 Å². The van der Waals surface area contributed by atoms with Crippen molar-refractivity contribution >= 4 is 11.6 Å². The first kappa shape index (κ1) is 17.5. The Morgan fingerprint density at radius 1 is 1.22 bits per heavy atom. The first-order chi connectivity index (χ1) is 13.2. The molecule has 0 spiro atoms. The molecule has 0 radical (unpaired) electrons. The van der Waals surface area contributed by atoms with Crippen molar-refractivity contribution in [3.05, 3.63) is 59.7 Å². The zero-order valence-electron chi connectivity index (χ0n) is 15.2. The van der Waals surface area contributed by atoms with E-state index in [1.807, 2.05) is 19.2 Å². The molecule has 1 atom stereocenters. The minimum Gasteiger partial charge on any atom is -0.322 e. The van der Waals surface area contributed by atoms with Crippen molar-refractivity contribution in [2.75, 3.05) is 11.9 Å².